The zero-order valence-corrected chi connectivity index (χ0v) is 13.2. The van der Waals surface area contributed by atoms with Crippen molar-refractivity contribution >= 4 is 41.0 Å². The first kappa shape index (κ1) is 14.2. The van der Waals surface area contributed by atoms with Gasteiger partial charge in [-0.3, -0.25) is 4.99 Å². The van der Waals surface area contributed by atoms with Gasteiger partial charge in [0.1, 0.15) is 0 Å². The average Bonchev–Trinajstić information content (AvgIpc) is 2.85. The summed E-state index contributed by atoms with van der Waals surface area (Å²) in [5.74, 6) is 0. The fourth-order valence-electron chi connectivity index (χ4n) is 2.23. The van der Waals surface area contributed by atoms with Crippen LogP contribution in [0, 0.1) is 0 Å². The van der Waals surface area contributed by atoms with Crippen molar-refractivity contribution in [2.45, 2.75) is 11.8 Å². The van der Waals surface area contributed by atoms with Gasteiger partial charge in [-0.1, -0.05) is 41.6 Å². The second kappa shape index (κ2) is 6.37. The minimum absolute atomic E-state index is 0.770. The molecule has 0 bridgehead atoms. The fraction of sp³-hybridized carbons (Fsp3) is 0.118. The molecule has 1 heterocycles. The summed E-state index contributed by atoms with van der Waals surface area (Å²) >= 11 is 7.85. The van der Waals surface area contributed by atoms with Crippen LogP contribution in [0.4, 0.5) is 11.4 Å². The smallest absolute Gasteiger partial charge is 0.0816 e. The third-order valence-electron chi connectivity index (χ3n) is 3.21. The molecule has 0 radical (unpaired) electrons. The van der Waals surface area contributed by atoms with Crippen molar-refractivity contribution in [1.29, 1.82) is 0 Å². The molecule has 106 valence electrons. The summed E-state index contributed by atoms with van der Waals surface area (Å²) in [6.45, 7) is 3.05. The molecule has 2 nitrogen and oxygen atoms in total. The van der Waals surface area contributed by atoms with E-state index in [1.54, 1.807) is 11.8 Å². The van der Waals surface area contributed by atoms with Gasteiger partial charge < -0.3 is 4.90 Å². The second-order valence-corrected chi connectivity index (χ2v) is 6.08. The van der Waals surface area contributed by atoms with Crippen molar-refractivity contribution in [3.63, 3.8) is 0 Å². The van der Waals surface area contributed by atoms with E-state index in [1.165, 1.54) is 15.6 Å². The van der Waals surface area contributed by atoms with Crippen LogP contribution in [0.5, 0.6) is 0 Å². The number of benzene rings is 2. The summed E-state index contributed by atoms with van der Waals surface area (Å²) in [5.41, 5.74) is 2.13. The number of aliphatic imine (C=N–C) groups is 1. The molecule has 4 heteroatoms. The maximum atomic E-state index is 6.10. The average molecular weight is 315 g/mol. The molecule has 1 aliphatic rings. The highest BCUT2D eigenvalue weighted by atomic mass is 35.5. The van der Waals surface area contributed by atoms with Gasteiger partial charge in [0, 0.05) is 22.7 Å². The first-order valence-electron chi connectivity index (χ1n) is 6.82. The van der Waals surface area contributed by atoms with Crippen molar-refractivity contribution in [3.05, 3.63) is 64.7 Å². The van der Waals surface area contributed by atoms with Gasteiger partial charge in [0.2, 0.25) is 0 Å². The van der Waals surface area contributed by atoms with E-state index in [2.05, 4.69) is 29.0 Å². The zero-order valence-electron chi connectivity index (χ0n) is 11.7. The van der Waals surface area contributed by atoms with Crippen LogP contribution in [0.25, 0.3) is 0 Å². The molecule has 21 heavy (non-hydrogen) atoms. The van der Waals surface area contributed by atoms with Gasteiger partial charge >= 0.3 is 0 Å². The maximum Gasteiger partial charge on any atom is 0.0816 e. The van der Waals surface area contributed by atoms with Gasteiger partial charge in [-0.2, -0.15) is 0 Å². The van der Waals surface area contributed by atoms with E-state index in [-0.39, 0.29) is 0 Å². The Morgan fingerprint density at radius 3 is 2.76 bits per heavy atom. The van der Waals surface area contributed by atoms with Crippen LogP contribution in [0.3, 0.4) is 0 Å². The number of allylic oxidation sites excluding steroid dienone is 1. The van der Waals surface area contributed by atoms with Crippen LogP contribution < -0.4 is 4.90 Å². The quantitative estimate of drug-likeness (QED) is 0.694. The zero-order chi connectivity index (χ0) is 14.7. The van der Waals surface area contributed by atoms with Crippen LogP contribution >= 0.6 is 23.4 Å². The highest BCUT2D eigenvalue weighted by molar-refractivity contribution is 8.03. The lowest BCUT2D eigenvalue weighted by Gasteiger charge is -2.17. The minimum atomic E-state index is 0.770. The van der Waals surface area contributed by atoms with E-state index < -0.39 is 0 Å². The van der Waals surface area contributed by atoms with E-state index in [1.807, 2.05) is 48.7 Å². The molecular weight excluding hydrogens is 300 g/mol. The second-order valence-electron chi connectivity index (χ2n) is 4.58. The third kappa shape index (κ3) is 3.14. The van der Waals surface area contributed by atoms with Gasteiger partial charge in [-0.05, 0) is 43.3 Å². The van der Waals surface area contributed by atoms with Gasteiger partial charge in [-0.15, -0.1) is 0 Å². The van der Waals surface area contributed by atoms with Gasteiger partial charge in [0.25, 0.3) is 0 Å². The van der Waals surface area contributed by atoms with Crippen LogP contribution in [-0.2, 0) is 0 Å². The number of hydrogen-bond acceptors (Lipinski definition) is 3. The van der Waals surface area contributed by atoms with Crippen molar-refractivity contribution in [3.8, 4) is 0 Å². The molecule has 0 aromatic heterocycles. The number of anilines is 1. The summed E-state index contributed by atoms with van der Waals surface area (Å²) in [6, 6.07) is 16.0. The first-order chi connectivity index (χ1) is 10.3. The number of thioether (sulfide) groups is 1. The Balaban J connectivity index is 1.84. The highest BCUT2D eigenvalue weighted by Gasteiger charge is 2.23. The standard InChI is InChI=1S/C17H15ClN2S/c1-2-20-15-12-13(18)8-9-16(15)21-17(20)10-11-19-14-6-4-3-5-7-14/h3-12H,2H2,1H3/b17-10+,19-11?. The fourth-order valence-corrected chi connectivity index (χ4v) is 3.49. The third-order valence-corrected chi connectivity index (χ3v) is 4.57. The molecule has 3 rings (SSSR count). The normalized spacial score (nSPS) is 15.9. The maximum absolute atomic E-state index is 6.10. The Kier molecular flexibility index (Phi) is 4.32. The predicted molar refractivity (Wildman–Crippen MR) is 93.0 cm³/mol. The number of nitrogens with zero attached hydrogens (tertiary/aromatic N) is 2. The van der Waals surface area contributed by atoms with Crippen molar-refractivity contribution < 1.29 is 0 Å². The first-order valence-corrected chi connectivity index (χ1v) is 8.01. The monoisotopic (exact) mass is 314 g/mol. The Labute approximate surface area is 134 Å². The van der Waals surface area contributed by atoms with E-state index in [9.17, 15) is 0 Å². The number of hydrogen-bond donors (Lipinski definition) is 0. The Morgan fingerprint density at radius 2 is 2.00 bits per heavy atom. The minimum Gasteiger partial charge on any atom is -0.335 e. The molecule has 0 atom stereocenters. The molecule has 2 aromatic rings. The number of halogens is 1. The van der Waals surface area contributed by atoms with Crippen LogP contribution in [0.2, 0.25) is 5.02 Å². The van der Waals surface area contributed by atoms with Gasteiger partial charge in [0.05, 0.1) is 16.4 Å². The topological polar surface area (TPSA) is 15.6 Å². The summed E-state index contributed by atoms with van der Waals surface area (Å²) in [7, 11) is 0. The summed E-state index contributed by atoms with van der Waals surface area (Å²) in [4.78, 5) is 7.94. The SMILES string of the molecule is CCN1/C(=C\C=Nc2ccccc2)Sc2ccc(Cl)cc21. The summed E-state index contributed by atoms with van der Waals surface area (Å²) < 4.78 is 0. The van der Waals surface area contributed by atoms with Crippen LogP contribution in [0.1, 0.15) is 6.92 Å². The van der Waals surface area contributed by atoms with Gasteiger partial charge in [-0.25, -0.2) is 0 Å². The molecule has 1 aliphatic heterocycles. The molecule has 0 fully saturated rings. The lowest BCUT2D eigenvalue weighted by Crippen LogP contribution is -2.16. The lowest BCUT2D eigenvalue weighted by molar-refractivity contribution is 1.00. The highest BCUT2D eigenvalue weighted by Crippen LogP contribution is 2.46. The Bertz CT molecular complexity index is 695. The molecule has 0 aliphatic carbocycles. The number of rotatable bonds is 3. The van der Waals surface area contributed by atoms with Gasteiger partial charge in [0.15, 0.2) is 0 Å². The summed E-state index contributed by atoms with van der Waals surface area (Å²) in [6.07, 6.45) is 3.91. The molecular formula is C17H15ClN2S. The van der Waals surface area contributed by atoms with Crippen molar-refractivity contribution in [2.75, 3.05) is 11.4 Å². The molecule has 2 aromatic carbocycles. The lowest BCUT2D eigenvalue weighted by atomic mass is 10.3. The molecule has 0 unspecified atom stereocenters. The molecule has 0 amide bonds. The Hall–Kier alpha value is -1.71. The largest absolute Gasteiger partial charge is 0.335 e. The van der Waals surface area contributed by atoms with E-state index in [0.717, 1.165) is 17.3 Å². The number of para-hydroxylation sites is 1. The van der Waals surface area contributed by atoms with E-state index >= 15 is 0 Å². The molecule has 0 saturated heterocycles. The molecule has 0 saturated carbocycles. The number of fused-ring (bicyclic) bond motifs is 1. The van der Waals surface area contributed by atoms with Crippen molar-refractivity contribution in [2.24, 2.45) is 4.99 Å². The summed E-state index contributed by atoms with van der Waals surface area (Å²) in [5, 5.41) is 1.95. The van der Waals surface area contributed by atoms with Crippen LogP contribution in [0.15, 0.2) is 69.5 Å². The molecule has 0 N–H and O–H groups in total. The van der Waals surface area contributed by atoms with Crippen molar-refractivity contribution in [1.82, 2.24) is 0 Å². The van der Waals surface area contributed by atoms with Crippen LogP contribution in [-0.4, -0.2) is 12.8 Å². The Morgan fingerprint density at radius 1 is 1.19 bits per heavy atom. The van der Waals surface area contributed by atoms with E-state index in [0.29, 0.717) is 0 Å². The predicted octanol–water partition coefficient (Wildman–Crippen LogP) is 5.52. The molecule has 0 spiro atoms. The van der Waals surface area contributed by atoms with E-state index in [4.69, 9.17) is 11.6 Å².